The smallest absolute Gasteiger partial charge is 0.306 e. The average molecular weight is 128 g/mol. The first-order valence-electron chi connectivity index (χ1n) is 2.90. The van der Waals surface area contributed by atoms with Crippen molar-refractivity contribution in [2.24, 2.45) is 0 Å². The molecule has 3 nitrogen and oxygen atoms in total. The first-order valence-corrected chi connectivity index (χ1v) is 2.90. The van der Waals surface area contributed by atoms with E-state index in [4.69, 9.17) is 0 Å². The molecule has 0 aromatic carbocycles. The van der Waals surface area contributed by atoms with Crippen molar-refractivity contribution in [2.45, 2.75) is 25.9 Å². The minimum absolute atomic E-state index is 0.0548. The highest BCUT2D eigenvalue weighted by Gasteiger charge is 2.26. The predicted octanol–water partition coefficient (Wildman–Crippen LogP) is 0.281. The Kier molecular flexibility index (Phi) is 1.51. The highest BCUT2D eigenvalue weighted by molar-refractivity contribution is 5.86. The van der Waals surface area contributed by atoms with Gasteiger partial charge in [0.05, 0.1) is 0 Å². The fraction of sp³-hybridized carbons (Fsp3) is 0.667. The summed E-state index contributed by atoms with van der Waals surface area (Å²) in [5, 5.41) is 0. The second-order valence-corrected chi connectivity index (χ2v) is 2.13. The van der Waals surface area contributed by atoms with Crippen LogP contribution >= 0.6 is 0 Å². The van der Waals surface area contributed by atoms with Gasteiger partial charge in [-0.1, -0.05) is 0 Å². The molecular weight excluding hydrogens is 120 g/mol. The van der Waals surface area contributed by atoms with Gasteiger partial charge in [0.15, 0.2) is 11.9 Å². The number of esters is 1. The summed E-state index contributed by atoms with van der Waals surface area (Å²) >= 11 is 0. The molecule has 0 radical (unpaired) electrons. The maximum Gasteiger partial charge on any atom is 0.306 e. The molecule has 1 unspecified atom stereocenters. The Balaban J connectivity index is 2.48. The third-order valence-corrected chi connectivity index (χ3v) is 1.34. The summed E-state index contributed by atoms with van der Waals surface area (Å²) < 4.78 is 4.63. The lowest BCUT2D eigenvalue weighted by Crippen LogP contribution is -2.16. The molecule has 50 valence electrons. The van der Waals surface area contributed by atoms with Crippen molar-refractivity contribution in [2.75, 3.05) is 0 Å². The Hall–Kier alpha value is -0.860. The fourth-order valence-corrected chi connectivity index (χ4v) is 0.812. The molecular formula is C6H8O3. The van der Waals surface area contributed by atoms with Crippen LogP contribution in [0.1, 0.15) is 19.8 Å². The molecule has 1 rings (SSSR count). The fourth-order valence-electron chi connectivity index (χ4n) is 0.812. The highest BCUT2D eigenvalue weighted by Crippen LogP contribution is 2.13. The van der Waals surface area contributed by atoms with Gasteiger partial charge in [0.1, 0.15) is 0 Å². The van der Waals surface area contributed by atoms with E-state index in [1.54, 1.807) is 0 Å². The Morgan fingerprint density at radius 1 is 1.78 bits per heavy atom. The maximum absolute atomic E-state index is 10.5. The summed E-state index contributed by atoms with van der Waals surface area (Å²) in [6, 6.07) is 0. The van der Waals surface area contributed by atoms with Crippen LogP contribution in [0.25, 0.3) is 0 Å². The monoisotopic (exact) mass is 128 g/mol. The van der Waals surface area contributed by atoms with Gasteiger partial charge >= 0.3 is 5.97 Å². The number of ketones is 1. The minimum atomic E-state index is -0.447. The van der Waals surface area contributed by atoms with Crippen molar-refractivity contribution >= 4 is 11.8 Å². The molecule has 1 aliphatic heterocycles. The van der Waals surface area contributed by atoms with E-state index in [1.165, 1.54) is 6.92 Å². The number of rotatable bonds is 1. The second-order valence-electron chi connectivity index (χ2n) is 2.13. The van der Waals surface area contributed by atoms with Crippen LogP contribution in [0.5, 0.6) is 0 Å². The van der Waals surface area contributed by atoms with E-state index in [0.29, 0.717) is 12.8 Å². The number of Topliss-reactive ketones (excluding diaryl/α,β-unsaturated/α-hetero) is 1. The van der Waals surface area contributed by atoms with Crippen LogP contribution in [-0.2, 0) is 14.3 Å². The van der Waals surface area contributed by atoms with Crippen molar-refractivity contribution < 1.29 is 14.3 Å². The van der Waals surface area contributed by atoms with E-state index in [0.717, 1.165) is 0 Å². The Labute approximate surface area is 53.0 Å². The van der Waals surface area contributed by atoms with Gasteiger partial charge in [0.25, 0.3) is 0 Å². The zero-order valence-corrected chi connectivity index (χ0v) is 5.22. The van der Waals surface area contributed by atoms with Gasteiger partial charge in [-0.3, -0.25) is 9.59 Å². The van der Waals surface area contributed by atoms with Gasteiger partial charge in [-0.15, -0.1) is 0 Å². The van der Waals surface area contributed by atoms with Crippen LogP contribution in [0.15, 0.2) is 0 Å². The van der Waals surface area contributed by atoms with Gasteiger partial charge in [-0.05, 0) is 6.92 Å². The standard InChI is InChI=1S/C6H8O3/c1-4(7)5-2-3-6(8)9-5/h5H,2-3H2,1H3. The van der Waals surface area contributed by atoms with E-state index < -0.39 is 6.10 Å². The molecule has 1 fully saturated rings. The quantitative estimate of drug-likeness (QED) is 0.476. The molecule has 1 aliphatic rings. The van der Waals surface area contributed by atoms with E-state index >= 15 is 0 Å². The molecule has 0 aliphatic carbocycles. The van der Waals surface area contributed by atoms with Gasteiger partial charge in [-0.2, -0.15) is 0 Å². The molecule has 1 atom stereocenters. The summed E-state index contributed by atoms with van der Waals surface area (Å²) in [6.07, 6.45) is 0.510. The Bertz CT molecular complexity index is 150. The molecule has 9 heavy (non-hydrogen) atoms. The lowest BCUT2D eigenvalue weighted by Gasteiger charge is -2.01. The number of hydrogen-bond donors (Lipinski definition) is 0. The molecule has 0 aromatic rings. The number of carbonyl (C=O) groups is 2. The summed E-state index contributed by atoms with van der Waals surface area (Å²) in [6.45, 7) is 1.43. The first kappa shape index (κ1) is 6.26. The van der Waals surface area contributed by atoms with E-state index in [9.17, 15) is 9.59 Å². The Morgan fingerprint density at radius 3 is 2.67 bits per heavy atom. The van der Waals surface area contributed by atoms with Crippen molar-refractivity contribution in [3.8, 4) is 0 Å². The van der Waals surface area contributed by atoms with Crippen LogP contribution in [0.2, 0.25) is 0 Å². The van der Waals surface area contributed by atoms with Gasteiger partial charge in [0, 0.05) is 12.8 Å². The summed E-state index contributed by atoms with van der Waals surface area (Å²) in [5.41, 5.74) is 0. The summed E-state index contributed by atoms with van der Waals surface area (Å²) in [7, 11) is 0. The SMILES string of the molecule is CC(=O)C1CCC(=O)O1. The summed E-state index contributed by atoms with van der Waals surface area (Å²) in [5.74, 6) is -0.309. The maximum atomic E-state index is 10.5. The normalized spacial score (nSPS) is 25.9. The average Bonchev–Trinajstić information content (AvgIpc) is 2.14. The van der Waals surface area contributed by atoms with Crippen LogP contribution in [-0.4, -0.2) is 17.9 Å². The second kappa shape index (κ2) is 2.17. The molecule has 0 amide bonds. The van der Waals surface area contributed by atoms with Crippen LogP contribution in [0.4, 0.5) is 0 Å². The van der Waals surface area contributed by atoms with E-state index in [-0.39, 0.29) is 11.8 Å². The van der Waals surface area contributed by atoms with Crippen LogP contribution < -0.4 is 0 Å². The molecule has 0 N–H and O–H groups in total. The third-order valence-electron chi connectivity index (χ3n) is 1.34. The zero-order valence-electron chi connectivity index (χ0n) is 5.22. The number of cyclic esters (lactones) is 1. The number of ether oxygens (including phenoxy) is 1. The lowest BCUT2D eigenvalue weighted by molar-refractivity contribution is -0.146. The van der Waals surface area contributed by atoms with Gasteiger partial charge in [0.2, 0.25) is 0 Å². The molecule has 0 aromatic heterocycles. The van der Waals surface area contributed by atoms with E-state index in [1.807, 2.05) is 0 Å². The van der Waals surface area contributed by atoms with Crippen LogP contribution in [0, 0.1) is 0 Å². The first-order chi connectivity index (χ1) is 4.20. The Morgan fingerprint density at radius 2 is 2.44 bits per heavy atom. The van der Waals surface area contributed by atoms with Crippen molar-refractivity contribution in [1.29, 1.82) is 0 Å². The molecule has 0 saturated carbocycles. The van der Waals surface area contributed by atoms with Crippen molar-refractivity contribution in [3.63, 3.8) is 0 Å². The number of carbonyl (C=O) groups excluding carboxylic acids is 2. The molecule has 1 saturated heterocycles. The molecule has 0 spiro atoms. The number of hydrogen-bond acceptors (Lipinski definition) is 3. The predicted molar refractivity (Wildman–Crippen MR) is 29.8 cm³/mol. The molecule has 1 heterocycles. The van der Waals surface area contributed by atoms with Crippen molar-refractivity contribution in [1.82, 2.24) is 0 Å². The van der Waals surface area contributed by atoms with Crippen molar-refractivity contribution in [3.05, 3.63) is 0 Å². The summed E-state index contributed by atoms with van der Waals surface area (Å²) in [4.78, 5) is 20.9. The van der Waals surface area contributed by atoms with E-state index in [2.05, 4.69) is 4.74 Å². The van der Waals surface area contributed by atoms with Crippen LogP contribution in [0.3, 0.4) is 0 Å². The minimum Gasteiger partial charge on any atom is -0.454 e. The molecule has 3 heteroatoms. The lowest BCUT2D eigenvalue weighted by atomic mass is 10.2. The third kappa shape index (κ3) is 1.28. The van der Waals surface area contributed by atoms with Gasteiger partial charge in [-0.25, -0.2) is 0 Å². The largest absolute Gasteiger partial charge is 0.454 e. The topological polar surface area (TPSA) is 43.4 Å². The zero-order chi connectivity index (χ0) is 6.85. The molecule has 0 bridgehead atoms. The van der Waals surface area contributed by atoms with Gasteiger partial charge < -0.3 is 4.74 Å². The highest BCUT2D eigenvalue weighted by atomic mass is 16.6.